The predicted molar refractivity (Wildman–Crippen MR) is 137 cm³/mol. The van der Waals surface area contributed by atoms with Crippen LogP contribution in [-0.4, -0.2) is 54.4 Å². The Kier molecular flexibility index (Phi) is 8.40. The number of allylic oxidation sites excluding steroid dienone is 1. The van der Waals surface area contributed by atoms with Crippen molar-refractivity contribution >= 4 is 28.8 Å². The number of esters is 1. The van der Waals surface area contributed by atoms with Gasteiger partial charge < -0.3 is 24.4 Å². The van der Waals surface area contributed by atoms with E-state index in [9.17, 15) is 9.59 Å². The summed E-state index contributed by atoms with van der Waals surface area (Å²) in [6, 6.07) is 10.7. The highest BCUT2D eigenvalue weighted by Crippen LogP contribution is 2.45. The molecule has 10 heteroatoms. The molecule has 2 aliphatic rings. The van der Waals surface area contributed by atoms with Crippen LogP contribution in [0, 0.1) is 0 Å². The smallest absolute Gasteiger partial charge is 0.338 e. The third-order valence-corrected chi connectivity index (χ3v) is 6.59. The number of nitrogens with zero attached hydrogens (tertiary/aromatic N) is 3. The molecule has 188 valence electrons. The number of hydrogen-bond donors (Lipinski definition) is 1. The lowest BCUT2D eigenvalue weighted by Crippen LogP contribution is -2.38. The van der Waals surface area contributed by atoms with Crippen LogP contribution >= 0.6 is 11.8 Å². The van der Waals surface area contributed by atoms with Crippen LogP contribution in [0.15, 0.2) is 76.2 Å². The number of hydrogen-bond acceptors (Lipinski definition) is 9. The van der Waals surface area contributed by atoms with E-state index in [1.165, 1.54) is 11.8 Å². The minimum atomic E-state index is -0.532. The summed E-state index contributed by atoms with van der Waals surface area (Å²) in [4.78, 5) is 36.8. The van der Waals surface area contributed by atoms with Gasteiger partial charge in [-0.15, -0.1) is 0 Å². The first-order valence-electron chi connectivity index (χ1n) is 11.4. The van der Waals surface area contributed by atoms with Crippen LogP contribution in [0.2, 0.25) is 0 Å². The van der Waals surface area contributed by atoms with E-state index in [1.807, 2.05) is 46.7 Å². The minimum Gasteiger partial charge on any atom is -0.497 e. The zero-order valence-corrected chi connectivity index (χ0v) is 21.2. The maximum Gasteiger partial charge on any atom is 0.338 e. The molecule has 0 fully saturated rings. The second kappa shape index (κ2) is 11.9. The monoisotopic (exact) mass is 508 g/mol. The number of pyridine rings is 1. The number of amides is 1. The van der Waals surface area contributed by atoms with Gasteiger partial charge in [0.2, 0.25) is 5.91 Å². The molecule has 1 atom stereocenters. The van der Waals surface area contributed by atoms with Crippen molar-refractivity contribution in [2.45, 2.75) is 25.9 Å². The van der Waals surface area contributed by atoms with E-state index in [1.54, 1.807) is 33.5 Å². The van der Waals surface area contributed by atoms with Gasteiger partial charge in [0.1, 0.15) is 12.4 Å². The summed E-state index contributed by atoms with van der Waals surface area (Å²) in [7, 11) is 3.14. The number of thioether (sulfide) groups is 1. The van der Waals surface area contributed by atoms with Crippen molar-refractivity contribution in [1.82, 2.24) is 15.2 Å². The van der Waals surface area contributed by atoms with Gasteiger partial charge in [0, 0.05) is 31.7 Å². The molecule has 0 saturated heterocycles. The highest BCUT2D eigenvalue weighted by Gasteiger charge is 2.41. The molecule has 36 heavy (non-hydrogen) atoms. The molecule has 1 aromatic heterocycles. The van der Waals surface area contributed by atoms with E-state index >= 15 is 0 Å². The maximum atomic E-state index is 13.2. The molecule has 1 unspecified atom stereocenters. The van der Waals surface area contributed by atoms with E-state index in [-0.39, 0.29) is 25.5 Å². The number of aromatic nitrogens is 1. The van der Waals surface area contributed by atoms with Gasteiger partial charge >= 0.3 is 5.97 Å². The summed E-state index contributed by atoms with van der Waals surface area (Å²) < 4.78 is 16.0. The predicted octanol–water partition coefficient (Wildman–Crippen LogP) is 3.56. The van der Waals surface area contributed by atoms with Crippen molar-refractivity contribution in [3.8, 4) is 5.75 Å². The lowest BCUT2D eigenvalue weighted by Gasteiger charge is -2.36. The SMILES string of the molecule is COCCOC(=O)C1=C(C)N=C2SC=C(CC(=O)NCc3cccnc3)N2C1c1cccc(OC)c1. The van der Waals surface area contributed by atoms with Gasteiger partial charge in [-0.25, -0.2) is 9.79 Å². The highest BCUT2D eigenvalue weighted by molar-refractivity contribution is 8.16. The molecule has 3 heterocycles. The average Bonchev–Trinajstić information content (AvgIpc) is 3.29. The summed E-state index contributed by atoms with van der Waals surface area (Å²) in [5.74, 6) is 0.0391. The Morgan fingerprint density at radius 2 is 2.03 bits per heavy atom. The number of methoxy groups -OCH3 is 2. The van der Waals surface area contributed by atoms with Crippen LogP contribution < -0.4 is 10.1 Å². The van der Waals surface area contributed by atoms with Crippen molar-refractivity contribution < 1.29 is 23.8 Å². The Hall–Kier alpha value is -3.63. The lowest BCUT2D eigenvalue weighted by molar-refractivity contribution is -0.141. The minimum absolute atomic E-state index is 0.123. The highest BCUT2D eigenvalue weighted by atomic mass is 32.2. The number of carbonyl (C=O) groups excluding carboxylic acids is 2. The zero-order chi connectivity index (χ0) is 25.5. The number of ether oxygens (including phenoxy) is 3. The molecule has 1 aromatic carbocycles. The number of amidine groups is 1. The van der Waals surface area contributed by atoms with Gasteiger partial charge in [-0.3, -0.25) is 9.78 Å². The number of rotatable bonds is 10. The van der Waals surface area contributed by atoms with Crippen LogP contribution in [0.25, 0.3) is 0 Å². The Bertz CT molecular complexity index is 1210. The average molecular weight is 509 g/mol. The van der Waals surface area contributed by atoms with Gasteiger partial charge in [0.25, 0.3) is 0 Å². The first-order chi connectivity index (χ1) is 17.5. The lowest BCUT2D eigenvalue weighted by atomic mass is 9.93. The second-order valence-corrected chi connectivity index (χ2v) is 8.95. The molecule has 0 saturated carbocycles. The Morgan fingerprint density at radius 3 is 2.78 bits per heavy atom. The molecule has 2 aliphatic heterocycles. The third-order valence-electron chi connectivity index (χ3n) is 5.70. The molecule has 2 aromatic rings. The van der Waals surface area contributed by atoms with Gasteiger partial charge in [-0.1, -0.05) is 30.0 Å². The Balaban J connectivity index is 1.61. The van der Waals surface area contributed by atoms with Crippen LogP contribution in [0.1, 0.15) is 30.5 Å². The molecule has 1 amide bonds. The Morgan fingerprint density at radius 1 is 1.17 bits per heavy atom. The largest absolute Gasteiger partial charge is 0.497 e. The Labute approximate surface area is 214 Å². The number of carbonyl (C=O) groups is 2. The van der Waals surface area contributed by atoms with Gasteiger partial charge in [-0.2, -0.15) is 0 Å². The molecule has 0 bridgehead atoms. The standard InChI is InChI=1S/C26H28N4O5S/c1-17-23(25(32)35-11-10-33-2)24(19-7-4-8-21(12-19)34-3)30-20(16-36-26(30)29-17)13-22(31)28-15-18-6-5-9-27-14-18/h4-9,12,14,16,24H,10-11,13,15H2,1-3H3,(H,28,31). The van der Waals surface area contributed by atoms with Crippen LogP contribution in [0.4, 0.5) is 0 Å². The third kappa shape index (κ3) is 5.77. The van der Waals surface area contributed by atoms with Crippen LogP contribution in [0.5, 0.6) is 5.75 Å². The quantitative estimate of drug-likeness (QED) is 0.384. The van der Waals surface area contributed by atoms with Crippen LogP contribution in [0.3, 0.4) is 0 Å². The van der Waals surface area contributed by atoms with Gasteiger partial charge in [0.05, 0.1) is 37.4 Å². The van der Waals surface area contributed by atoms with Crippen molar-refractivity contribution in [3.63, 3.8) is 0 Å². The number of nitrogens with one attached hydrogen (secondary N) is 1. The van der Waals surface area contributed by atoms with Crippen molar-refractivity contribution in [2.75, 3.05) is 27.4 Å². The molecule has 0 aliphatic carbocycles. The topological polar surface area (TPSA) is 102 Å². The molecule has 1 N–H and O–H groups in total. The number of fused-ring (bicyclic) bond motifs is 1. The van der Waals surface area contributed by atoms with E-state index < -0.39 is 12.0 Å². The summed E-state index contributed by atoms with van der Waals surface area (Å²) in [5, 5.41) is 5.54. The van der Waals surface area contributed by atoms with Crippen molar-refractivity contribution in [1.29, 1.82) is 0 Å². The summed E-state index contributed by atoms with van der Waals surface area (Å²) in [6.07, 6.45) is 3.53. The zero-order valence-electron chi connectivity index (χ0n) is 20.4. The van der Waals surface area contributed by atoms with Gasteiger partial charge in [-0.05, 0) is 41.7 Å². The van der Waals surface area contributed by atoms with Gasteiger partial charge in [0.15, 0.2) is 5.17 Å². The second-order valence-electron chi connectivity index (χ2n) is 8.11. The van der Waals surface area contributed by atoms with Crippen molar-refractivity contribution in [3.05, 3.63) is 82.3 Å². The summed E-state index contributed by atoms with van der Waals surface area (Å²) >= 11 is 1.42. The van der Waals surface area contributed by atoms with E-state index in [4.69, 9.17) is 14.2 Å². The van der Waals surface area contributed by atoms with Crippen molar-refractivity contribution in [2.24, 2.45) is 4.99 Å². The van der Waals surface area contributed by atoms with E-state index in [2.05, 4.69) is 15.3 Å². The fourth-order valence-electron chi connectivity index (χ4n) is 3.98. The fraction of sp³-hybridized carbons (Fsp3) is 0.308. The van der Waals surface area contributed by atoms with E-state index in [0.717, 1.165) is 16.8 Å². The summed E-state index contributed by atoms with van der Waals surface area (Å²) in [5.41, 5.74) is 3.45. The molecule has 0 spiro atoms. The number of benzene rings is 1. The molecular weight excluding hydrogens is 480 g/mol. The first-order valence-corrected chi connectivity index (χ1v) is 12.3. The molecule has 0 radical (unpaired) electrons. The summed E-state index contributed by atoms with van der Waals surface area (Å²) in [6.45, 7) is 2.59. The molecule has 9 nitrogen and oxygen atoms in total. The maximum absolute atomic E-state index is 13.2. The van der Waals surface area contributed by atoms with Crippen LogP contribution in [-0.2, 0) is 25.6 Å². The fourth-order valence-corrected chi connectivity index (χ4v) is 4.95. The van der Waals surface area contributed by atoms with E-state index in [0.29, 0.717) is 28.7 Å². The first kappa shape index (κ1) is 25.5. The number of aliphatic imine (C=N–C) groups is 1. The molecular formula is C26H28N4O5S. The normalized spacial score (nSPS) is 16.8. The molecule has 4 rings (SSSR count).